The summed E-state index contributed by atoms with van der Waals surface area (Å²) in [6.45, 7) is 0.0687. The van der Waals surface area contributed by atoms with Crippen molar-refractivity contribution in [2.75, 3.05) is 5.32 Å². The van der Waals surface area contributed by atoms with Crippen molar-refractivity contribution in [2.45, 2.75) is 6.54 Å². The smallest absolute Gasteiger partial charge is 0.251 e. The van der Waals surface area contributed by atoms with Crippen LogP contribution in [0, 0.1) is 11.6 Å². The van der Waals surface area contributed by atoms with Crippen LogP contribution in [0.5, 0.6) is 0 Å². The van der Waals surface area contributed by atoms with E-state index in [0.29, 0.717) is 28.3 Å². The van der Waals surface area contributed by atoms with E-state index in [2.05, 4.69) is 10.6 Å². The van der Waals surface area contributed by atoms with Gasteiger partial charge in [-0.05, 0) is 53.6 Å². The lowest BCUT2D eigenvalue weighted by Crippen LogP contribution is -2.23. The normalized spacial score (nSPS) is 11.8. The van der Waals surface area contributed by atoms with Crippen LogP contribution in [0.3, 0.4) is 0 Å². The number of carbonyl (C=O) groups excluding carboxylic acids is 1. The molecule has 6 N–H and O–H groups in total. The van der Waals surface area contributed by atoms with Crippen molar-refractivity contribution in [2.24, 2.45) is 11.5 Å². The van der Waals surface area contributed by atoms with E-state index in [1.54, 1.807) is 36.4 Å². The molecule has 7 heteroatoms. The number of hydrogen-bond acceptors (Lipinski definition) is 4. The van der Waals surface area contributed by atoms with Crippen LogP contribution in [0.2, 0.25) is 0 Å². The third-order valence-electron chi connectivity index (χ3n) is 4.40. The molecule has 0 heterocycles. The first-order chi connectivity index (χ1) is 14.9. The maximum absolute atomic E-state index is 13.3. The molecule has 5 nitrogen and oxygen atoms in total. The van der Waals surface area contributed by atoms with Crippen LogP contribution in [0.1, 0.15) is 21.5 Å². The predicted molar refractivity (Wildman–Crippen MR) is 118 cm³/mol. The van der Waals surface area contributed by atoms with Crippen molar-refractivity contribution in [3.63, 3.8) is 0 Å². The SMILES string of the molecule is N/C(=C\C=C(/N)Nc1cccc(C(=O)NCc2ccc(F)c(F)c2)c1)c1ccccc1. The molecule has 0 fully saturated rings. The number of halogens is 2. The molecule has 158 valence electrons. The number of nitrogens with two attached hydrogens (primary N) is 2. The van der Waals surface area contributed by atoms with E-state index in [9.17, 15) is 13.6 Å². The summed E-state index contributed by atoms with van der Waals surface area (Å²) in [6.07, 6.45) is 3.33. The molecule has 3 aromatic rings. The molecule has 0 bridgehead atoms. The Labute approximate surface area is 179 Å². The molecular weight excluding hydrogens is 398 g/mol. The van der Waals surface area contributed by atoms with E-state index in [1.807, 2.05) is 30.3 Å². The maximum atomic E-state index is 13.3. The first-order valence-corrected chi connectivity index (χ1v) is 9.50. The molecule has 3 aromatic carbocycles. The molecule has 31 heavy (non-hydrogen) atoms. The van der Waals surface area contributed by atoms with Crippen molar-refractivity contribution in [1.29, 1.82) is 0 Å². The highest BCUT2D eigenvalue weighted by Gasteiger charge is 2.08. The van der Waals surface area contributed by atoms with Gasteiger partial charge in [0.1, 0.15) is 5.82 Å². The summed E-state index contributed by atoms with van der Waals surface area (Å²) in [6, 6.07) is 19.7. The second-order valence-corrected chi connectivity index (χ2v) is 6.75. The van der Waals surface area contributed by atoms with Gasteiger partial charge in [-0.25, -0.2) is 8.78 Å². The van der Waals surface area contributed by atoms with Crippen LogP contribution in [-0.4, -0.2) is 5.91 Å². The highest BCUT2D eigenvalue weighted by atomic mass is 19.2. The van der Waals surface area contributed by atoms with Crippen molar-refractivity contribution in [3.8, 4) is 0 Å². The van der Waals surface area contributed by atoms with E-state index in [0.717, 1.165) is 17.7 Å². The summed E-state index contributed by atoms with van der Waals surface area (Å²) in [4.78, 5) is 12.4. The summed E-state index contributed by atoms with van der Waals surface area (Å²) in [5, 5.41) is 5.67. The summed E-state index contributed by atoms with van der Waals surface area (Å²) in [5.74, 6) is -1.90. The third kappa shape index (κ3) is 6.17. The number of carbonyl (C=O) groups is 1. The van der Waals surface area contributed by atoms with Gasteiger partial charge in [-0.1, -0.05) is 42.5 Å². The standard InChI is InChI=1S/C24H22F2N4O/c25-20-10-9-16(13-21(20)26)15-29-24(31)18-7-4-8-19(14-18)30-23(28)12-11-22(27)17-5-2-1-3-6-17/h1-14,30H,15,27-28H2,(H,29,31)/b22-11-,23-12+. The highest BCUT2D eigenvalue weighted by molar-refractivity contribution is 5.95. The Morgan fingerprint density at radius 2 is 1.58 bits per heavy atom. The van der Waals surface area contributed by atoms with Gasteiger partial charge in [0.2, 0.25) is 0 Å². The Balaban J connectivity index is 1.62. The molecule has 0 saturated carbocycles. The van der Waals surface area contributed by atoms with E-state index in [-0.39, 0.29) is 12.5 Å². The highest BCUT2D eigenvalue weighted by Crippen LogP contribution is 2.14. The zero-order valence-corrected chi connectivity index (χ0v) is 16.6. The van der Waals surface area contributed by atoms with Crippen molar-refractivity contribution in [1.82, 2.24) is 5.32 Å². The minimum atomic E-state index is -0.956. The van der Waals surface area contributed by atoms with Gasteiger partial charge in [0.15, 0.2) is 11.6 Å². The fourth-order valence-corrected chi connectivity index (χ4v) is 2.79. The molecule has 0 aliphatic rings. The Bertz CT molecular complexity index is 1130. The predicted octanol–water partition coefficient (Wildman–Crippen LogP) is 4.11. The number of benzene rings is 3. The summed E-state index contributed by atoms with van der Waals surface area (Å²) >= 11 is 0. The van der Waals surface area contributed by atoms with Crippen molar-refractivity contribution < 1.29 is 13.6 Å². The largest absolute Gasteiger partial charge is 0.398 e. The van der Waals surface area contributed by atoms with Crippen LogP contribution in [0.15, 0.2) is 90.8 Å². The molecule has 0 aliphatic heterocycles. The molecule has 1 amide bonds. The number of hydrogen-bond donors (Lipinski definition) is 4. The number of anilines is 1. The van der Waals surface area contributed by atoms with Crippen LogP contribution < -0.4 is 22.1 Å². The van der Waals surface area contributed by atoms with Gasteiger partial charge in [-0.2, -0.15) is 0 Å². The molecule has 0 radical (unpaired) electrons. The molecule has 3 rings (SSSR count). The number of allylic oxidation sites excluding steroid dienone is 2. The topological polar surface area (TPSA) is 93.2 Å². The van der Waals surface area contributed by atoms with E-state index < -0.39 is 11.6 Å². The Kier molecular flexibility index (Phi) is 7.01. The summed E-state index contributed by atoms with van der Waals surface area (Å²) in [7, 11) is 0. The van der Waals surface area contributed by atoms with Crippen molar-refractivity contribution >= 4 is 17.3 Å². The summed E-state index contributed by atoms with van der Waals surface area (Å²) in [5.41, 5.74) is 14.9. The van der Waals surface area contributed by atoms with Crippen LogP contribution in [0.25, 0.3) is 5.70 Å². The molecule has 0 atom stereocenters. The van der Waals surface area contributed by atoms with Gasteiger partial charge in [0.05, 0.1) is 0 Å². The minimum absolute atomic E-state index is 0.0687. The molecule has 0 aliphatic carbocycles. The van der Waals surface area contributed by atoms with Gasteiger partial charge < -0.3 is 22.1 Å². The maximum Gasteiger partial charge on any atom is 0.251 e. The van der Waals surface area contributed by atoms with E-state index in [4.69, 9.17) is 11.5 Å². The third-order valence-corrected chi connectivity index (χ3v) is 4.40. The Morgan fingerprint density at radius 3 is 2.32 bits per heavy atom. The van der Waals surface area contributed by atoms with Crippen LogP contribution in [-0.2, 0) is 6.54 Å². The zero-order chi connectivity index (χ0) is 22.2. The lowest BCUT2D eigenvalue weighted by atomic mass is 10.1. The van der Waals surface area contributed by atoms with Gasteiger partial charge in [0, 0.05) is 23.5 Å². The van der Waals surface area contributed by atoms with Crippen LogP contribution >= 0.6 is 0 Å². The fourth-order valence-electron chi connectivity index (χ4n) is 2.79. The minimum Gasteiger partial charge on any atom is -0.398 e. The average molecular weight is 420 g/mol. The lowest BCUT2D eigenvalue weighted by molar-refractivity contribution is 0.0951. The number of nitrogens with one attached hydrogen (secondary N) is 2. The van der Waals surface area contributed by atoms with E-state index >= 15 is 0 Å². The second-order valence-electron chi connectivity index (χ2n) is 6.75. The number of rotatable bonds is 7. The monoisotopic (exact) mass is 420 g/mol. The van der Waals surface area contributed by atoms with Crippen LogP contribution in [0.4, 0.5) is 14.5 Å². The molecule has 0 spiro atoms. The molecule has 0 unspecified atom stereocenters. The van der Waals surface area contributed by atoms with Gasteiger partial charge >= 0.3 is 0 Å². The lowest BCUT2D eigenvalue weighted by Gasteiger charge is -2.09. The van der Waals surface area contributed by atoms with Gasteiger partial charge in [0.25, 0.3) is 5.91 Å². The molecule has 0 aromatic heterocycles. The fraction of sp³-hybridized carbons (Fsp3) is 0.0417. The van der Waals surface area contributed by atoms with Crippen molar-refractivity contribution in [3.05, 3.63) is 119 Å². The quantitative estimate of drug-likeness (QED) is 0.433. The Hall–Kier alpha value is -4.13. The zero-order valence-electron chi connectivity index (χ0n) is 16.6. The first-order valence-electron chi connectivity index (χ1n) is 9.50. The summed E-state index contributed by atoms with van der Waals surface area (Å²) < 4.78 is 26.3. The van der Waals surface area contributed by atoms with Gasteiger partial charge in [-0.3, -0.25) is 4.79 Å². The molecule has 0 saturated heterocycles. The molecular formula is C24H22F2N4O. The second kappa shape index (κ2) is 10.1. The number of amides is 1. The van der Waals surface area contributed by atoms with E-state index in [1.165, 1.54) is 6.07 Å². The average Bonchev–Trinajstić information content (AvgIpc) is 2.78. The van der Waals surface area contributed by atoms with Gasteiger partial charge in [-0.15, -0.1) is 0 Å². The first kappa shape index (κ1) is 21.6. The Morgan fingerprint density at radius 1 is 0.839 bits per heavy atom.